The molecule has 0 saturated carbocycles. The second-order valence-corrected chi connectivity index (χ2v) is 1.39. The molecule has 0 saturated heterocycles. The lowest BCUT2D eigenvalue weighted by Crippen LogP contribution is -2.02. The molecule has 0 aromatic carbocycles. The Morgan fingerprint density at radius 3 is 1.57 bits per heavy atom. The summed E-state index contributed by atoms with van der Waals surface area (Å²) in [4.78, 5) is 0. The van der Waals surface area contributed by atoms with E-state index in [9.17, 15) is 8.78 Å². The summed E-state index contributed by atoms with van der Waals surface area (Å²) in [5.74, 6) is -2.67. The Kier molecular flexibility index (Phi) is 0.741. The van der Waals surface area contributed by atoms with Crippen LogP contribution in [0.3, 0.4) is 0 Å². The molecule has 0 N–H and O–H groups in total. The molecule has 0 atom stereocenters. The molecule has 1 aliphatic carbocycles. The number of rotatable bonds is 0. The average Bonchev–Trinajstić information content (AvgIpc) is 1.84. The van der Waals surface area contributed by atoms with Crippen molar-refractivity contribution < 1.29 is 8.78 Å². The van der Waals surface area contributed by atoms with Crippen LogP contribution in [0.5, 0.6) is 0 Å². The molecule has 38 valence electrons. The minimum absolute atomic E-state index is 0.854. The van der Waals surface area contributed by atoms with Gasteiger partial charge in [0.2, 0.25) is 0 Å². The predicted molar refractivity (Wildman–Crippen MR) is 23.2 cm³/mol. The fraction of sp³-hybridized carbons (Fsp3) is 0.200. The Morgan fingerprint density at radius 1 is 1.00 bits per heavy atom. The molecule has 2 heteroatoms. The largest absolute Gasteiger partial charge is 0.285 e. The highest BCUT2D eigenvalue weighted by atomic mass is 19.3. The third-order valence-corrected chi connectivity index (χ3v) is 0.748. The van der Waals surface area contributed by atoms with E-state index in [1.54, 1.807) is 0 Å². The normalized spacial score (nSPS) is 23.7. The van der Waals surface area contributed by atoms with Gasteiger partial charge in [0, 0.05) is 0 Å². The first kappa shape index (κ1) is 4.50. The molecular formula is C5H4F2. The quantitative estimate of drug-likeness (QED) is 0.437. The lowest BCUT2D eigenvalue weighted by atomic mass is 10.4. The lowest BCUT2D eigenvalue weighted by Gasteiger charge is -1.97. The number of halogens is 2. The van der Waals surface area contributed by atoms with Crippen molar-refractivity contribution in [3.05, 3.63) is 24.3 Å². The number of hydrogen-bond acceptors (Lipinski definition) is 0. The van der Waals surface area contributed by atoms with Crippen LogP contribution in [0.4, 0.5) is 8.78 Å². The first-order valence-corrected chi connectivity index (χ1v) is 1.96. The van der Waals surface area contributed by atoms with Gasteiger partial charge < -0.3 is 0 Å². The fourth-order valence-corrected chi connectivity index (χ4v) is 0.423. The first-order valence-electron chi connectivity index (χ1n) is 1.96. The van der Waals surface area contributed by atoms with Gasteiger partial charge in [0.1, 0.15) is 0 Å². The van der Waals surface area contributed by atoms with Crippen molar-refractivity contribution in [1.29, 1.82) is 0 Å². The van der Waals surface area contributed by atoms with E-state index in [1.807, 2.05) is 0 Å². The van der Waals surface area contributed by atoms with Crippen molar-refractivity contribution in [2.45, 2.75) is 5.92 Å². The van der Waals surface area contributed by atoms with Crippen molar-refractivity contribution in [1.82, 2.24) is 0 Å². The highest BCUT2D eigenvalue weighted by molar-refractivity contribution is 5.22. The van der Waals surface area contributed by atoms with Crippen LogP contribution in [0.1, 0.15) is 0 Å². The van der Waals surface area contributed by atoms with Crippen molar-refractivity contribution in [2.75, 3.05) is 0 Å². The Morgan fingerprint density at radius 2 is 1.43 bits per heavy atom. The fourth-order valence-electron chi connectivity index (χ4n) is 0.423. The summed E-state index contributed by atoms with van der Waals surface area (Å²) in [7, 11) is 0. The second-order valence-electron chi connectivity index (χ2n) is 1.39. The van der Waals surface area contributed by atoms with Gasteiger partial charge in [-0.15, -0.1) is 0 Å². The van der Waals surface area contributed by atoms with Crippen molar-refractivity contribution in [3.63, 3.8) is 0 Å². The zero-order valence-electron chi connectivity index (χ0n) is 3.57. The Labute approximate surface area is 40.1 Å². The Bertz CT molecular complexity index is 108. The third kappa shape index (κ3) is 0.856. The average molecular weight is 102 g/mol. The van der Waals surface area contributed by atoms with E-state index in [0.717, 1.165) is 12.2 Å². The highest BCUT2D eigenvalue weighted by Gasteiger charge is 2.21. The van der Waals surface area contributed by atoms with E-state index >= 15 is 0 Å². The Balaban J connectivity index is 2.77. The van der Waals surface area contributed by atoms with Gasteiger partial charge in [-0.25, -0.2) is 0 Å². The van der Waals surface area contributed by atoms with Gasteiger partial charge in [-0.2, -0.15) is 8.78 Å². The third-order valence-electron chi connectivity index (χ3n) is 0.748. The molecule has 0 fully saturated rings. The van der Waals surface area contributed by atoms with Crippen molar-refractivity contribution >= 4 is 0 Å². The summed E-state index contributed by atoms with van der Waals surface area (Å²) in [6.45, 7) is 0. The molecule has 0 nitrogen and oxygen atoms in total. The van der Waals surface area contributed by atoms with Crippen LogP contribution >= 0.6 is 0 Å². The van der Waals surface area contributed by atoms with Gasteiger partial charge in [0.15, 0.2) is 0 Å². The van der Waals surface area contributed by atoms with E-state index in [0.29, 0.717) is 0 Å². The van der Waals surface area contributed by atoms with Crippen LogP contribution < -0.4 is 0 Å². The molecule has 0 aromatic rings. The molecule has 7 heavy (non-hydrogen) atoms. The van der Waals surface area contributed by atoms with Crippen molar-refractivity contribution in [2.24, 2.45) is 0 Å². The van der Waals surface area contributed by atoms with E-state index < -0.39 is 5.92 Å². The van der Waals surface area contributed by atoms with Gasteiger partial charge >= 0.3 is 0 Å². The molecule has 0 spiro atoms. The zero-order valence-corrected chi connectivity index (χ0v) is 3.57. The smallest absolute Gasteiger partial charge is 0.197 e. The summed E-state index contributed by atoms with van der Waals surface area (Å²) in [6, 6.07) is 0. The maximum atomic E-state index is 11.8. The highest BCUT2D eigenvalue weighted by Crippen LogP contribution is 2.20. The maximum absolute atomic E-state index is 11.8. The Hall–Kier alpha value is -0.660. The van der Waals surface area contributed by atoms with E-state index in [1.165, 1.54) is 12.2 Å². The lowest BCUT2D eigenvalue weighted by molar-refractivity contribution is 0.114. The summed E-state index contributed by atoms with van der Waals surface area (Å²) in [5.41, 5.74) is 0. The topological polar surface area (TPSA) is 0 Å². The monoisotopic (exact) mass is 102 g/mol. The van der Waals surface area contributed by atoms with Crippen LogP contribution in [-0.4, -0.2) is 5.92 Å². The molecule has 0 aromatic heterocycles. The second kappa shape index (κ2) is 1.15. The van der Waals surface area contributed by atoms with E-state index in [2.05, 4.69) is 0 Å². The van der Waals surface area contributed by atoms with Gasteiger partial charge in [-0.05, 0) is 12.2 Å². The molecule has 1 rings (SSSR count). The summed E-state index contributed by atoms with van der Waals surface area (Å²) < 4.78 is 23.5. The van der Waals surface area contributed by atoms with Gasteiger partial charge in [-0.1, -0.05) is 12.2 Å². The molecule has 0 aliphatic heterocycles. The summed E-state index contributed by atoms with van der Waals surface area (Å²) in [5, 5.41) is 0. The first-order chi connectivity index (χ1) is 3.21. The van der Waals surface area contributed by atoms with Crippen LogP contribution in [0.25, 0.3) is 0 Å². The number of alkyl halides is 2. The van der Waals surface area contributed by atoms with Crippen LogP contribution in [0, 0.1) is 0 Å². The predicted octanol–water partition coefficient (Wildman–Crippen LogP) is 1.75. The van der Waals surface area contributed by atoms with E-state index in [-0.39, 0.29) is 0 Å². The van der Waals surface area contributed by atoms with Gasteiger partial charge in [0.25, 0.3) is 5.92 Å². The molecule has 0 unspecified atom stereocenters. The van der Waals surface area contributed by atoms with Gasteiger partial charge in [-0.3, -0.25) is 0 Å². The van der Waals surface area contributed by atoms with Gasteiger partial charge in [0.05, 0.1) is 0 Å². The van der Waals surface area contributed by atoms with Crippen LogP contribution in [-0.2, 0) is 0 Å². The molecule has 0 heterocycles. The molecular weight excluding hydrogens is 98.1 g/mol. The van der Waals surface area contributed by atoms with Crippen LogP contribution in [0.2, 0.25) is 0 Å². The standard InChI is InChI=1S/C5H4F2/c6-5(7)3-1-2-4-5/h1-4H. The van der Waals surface area contributed by atoms with Crippen molar-refractivity contribution in [3.8, 4) is 0 Å². The zero-order chi connectivity index (χ0) is 5.33. The minimum atomic E-state index is -2.67. The van der Waals surface area contributed by atoms with Crippen LogP contribution in [0.15, 0.2) is 24.3 Å². The number of allylic oxidation sites excluding steroid dienone is 4. The summed E-state index contributed by atoms with van der Waals surface area (Å²) in [6.07, 6.45) is 4.38. The number of hydrogen-bond donors (Lipinski definition) is 0. The molecule has 0 bridgehead atoms. The van der Waals surface area contributed by atoms with E-state index in [4.69, 9.17) is 0 Å². The molecule has 0 amide bonds. The molecule has 0 radical (unpaired) electrons. The maximum Gasteiger partial charge on any atom is 0.285 e. The summed E-state index contributed by atoms with van der Waals surface area (Å²) >= 11 is 0. The SMILES string of the molecule is FC1(F)C=CC=C1. The molecule has 1 aliphatic rings. The minimum Gasteiger partial charge on any atom is -0.197 e.